The van der Waals surface area contributed by atoms with Crippen molar-refractivity contribution in [3.05, 3.63) is 0 Å². The molecule has 0 saturated heterocycles. The first kappa shape index (κ1) is 17.7. The van der Waals surface area contributed by atoms with Gasteiger partial charge in [-0.15, -0.1) is 0 Å². The summed E-state index contributed by atoms with van der Waals surface area (Å²) in [4.78, 5) is 51.3. The molecule has 0 N–H and O–H groups in total. The van der Waals surface area contributed by atoms with Crippen molar-refractivity contribution >= 4 is 15.6 Å². The first-order chi connectivity index (χ1) is 4.00. The molecule has 0 aromatic heterocycles. The van der Waals surface area contributed by atoms with Gasteiger partial charge in [-0.25, -0.2) is 0 Å². The van der Waals surface area contributed by atoms with E-state index >= 15 is 0 Å². The van der Waals surface area contributed by atoms with Crippen LogP contribution in [0.2, 0.25) is 0 Å². The molecule has 0 fully saturated rings. The van der Waals surface area contributed by atoms with Crippen LogP contribution >= 0.6 is 15.6 Å². The summed E-state index contributed by atoms with van der Waals surface area (Å²) < 4.78 is 17.1. The van der Waals surface area contributed by atoms with E-state index in [0.29, 0.717) is 0 Å². The van der Waals surface area contributed by atoms with Crippen molar-refractivity contribution in [3.8, 4) is 0 Å². The van der Waals surface area contributed by atoms with Gasteiger partial charge in [-0.1, -0.05) is 0 Å². The maximum Gasteiger partial charge on any atom is 6.00 e. The summed E-state index contributed by atoms with van der Waals surface area (Å²) in [5.41, 5.74) is 0. The van der Waals surface area contributed by atoms with Crippen molar-refractivity contribution in [2.45, 2.75) is 0 Å². The summed E-state index contributed by atoms with van der Waals surface area (Å²) in [5.74, 6) is 0. The van der Waals surface area contributed by atoms with Gasteiger partial charge in [0.15, 0.2) is 0 Å². The molecule has 0 spiro atoms. The van der Waals surface area contributed by atoms with Gasteiger partial charge in [0.05, 0.1) is 0 Å². The van der Waals surface area contributed by atoms with E-state index in [-0.39, 0.29) is 17.1 Å². The molecular weight excluding hydrogens is 245 g/mol. The van der Waals surface area contributed by atoms with Gasteiger partial charge in [-0.2, -0.15) is 15.6 Å². The predicted octanol–water partition coefficient (Wildman–Crippen LogP) is -5.65. The number of hydrogen-bond donors (Lipinski definition) is 0. The SMILES string of the molecule is O=P([O-])([O-])[O-].O=P([O-])([O-])[O-].[Mn+6]. The normalized spacial score (nSPS) is 10.7. The van der Waals surface area contributed by atoms with E-state index in [1.165, 1.54) is 0 Å². The Morgan fingerprint density at radius 1 is 0.636 bits per heavy atom. The van der Waals surface area contributed by atoms with Crippen molar-refractivity contribution in [2.24, 2.45) is 0 Å². The fourth-order valence-corrected chi connectivity index (χ4v) is 0. The van der Waals surface area contributed by atoms with E-state index in [1.807, 2.05) is 0 Å². The van der Waals surface area contributed by atoms with Crippen LogP contribution in [0.15, 0.2) is 0 Å². The second-order valence-electron chi connectivity index (χ2n) is 0.894. The number of hydrogen-bond acceptors (Lipinski definition) is 8. The molecule has 8 nitrogen and oxygen atoms in total. The number of rotatable bonds is 0. The van der Waals surface area contributed by atoms with Crippen LogP contribution in [0, 0.1) is 0 Å². The molecule has 0 bridgehead atoms. The summed E-state index contributed by atoms with van der Waals surface area (Å²) in [6, 6.07) is 0. The quantitative estimate of drug-likeness (QED) is 0.299. The van der Waals surface area contributed by atoms with Crippen molar-refractivity contribution in [3.63, 3.8) is 0 Å². The van der Waals surface area contributed by atoms with Crippen LogP contribution in [0.5, 0.6) is 0 Å². The Bertz CT molecular complexity index is 124. The minimum Gasteiger partial charge on any atom is -0.822 e. The van der Waals surface area contributed by atoms with E-state index in [9.17, 15) is 0 Å². The average molecular weight is 245 g/mol. The summed E-state index contributed by atoms with van der Waals surface area (Å²) in [5, 5.41) is 0. The average Bonchev–Trinajstić information content (AvgIpc) is 1.12. The van der Waals surface area contributed by atoms with Crippen molar-refractivity contribution in [1.82, 2.24) is 0 Å². The molecule has 0 rings (SSSR count). The predicted molar refractivity (Wildman–Crippen MR) is 15.2 cm³/mol. The standard InChI is InChI=1S/Mn.2H3O4P/c;2*1-5(2,3)4/h;2*(H3,1,2,3,4)/q+6;;/p-6. The third kappa shape index (κ3) is 1500. The Labute approximate surface area is 71.8 Å². The van der Waals surface area contributed by atoms with Gasteiger partial charge in [0.1, 0.15) is 0 Å². The monoisotopic (exact) mass is 245 g/mol. The summed E-state index contributed by atoms with van der Waals surface area (Å²) in [6.07, 6.45) is 0. The minimum atomic E-state index is -5.39. The summed E-state index contributed by atoms with van der Waals surface area (Å²) >= 11 is 0. The van der Waals surface area contributed by atoms with Gasteiger partial charge in [0, 0.05) is 0 Å². The molecule has 1 radical (unpaired) electrons. The third-order valence-electron chi connectivity index (χ3n) is 0. The van der Waals surface area contributed by atoms with Crippen LogP contribution in [0.3, 0.4) is 0 Å². The largest absolute Gasteiger partial charge is 6.00 e. The van der Waals surface area contributed by atoms with Crippen LogP contribution < -0.4 is 29.4 Å². The summed E-state index contributed by atoms with van der Waals surface area (Å²) in [7, 11) is -10.8. The topological polar surface area (TPSA) is 172 Å². The van der Waals surface area contributed by atoms with E-state index in [4.69, 9.17) is 38.5 Å². The van der Waals surface area contributed by atoms with E-state index in [2.05, 4.69) is 0 Å². The molecule has 0 atom stereocenters. The zero-order chi connectivity index (χ0) is 9.00. The van der Waals surface area contributed by atoms with Gasteiger partial charge in [-0.3, -0.25) is 0 Å². The maximum absolute atomic E-state index is 8.55. The molecule has 0 unspecified atom stereocenters. The molecule has 11 heteroatoms. The molecule has 65 valence electrons. The van der Waals surface area contributed by atoms with Crippen molar-refractivity contribution in [2.75, 3.05) is 0 Å². The van der Waals surface area contributed by atoms with Crippen LogP contribution in [0.4, 0.5) is 0 Å². The molecule has 0 aliphatic rings. The first-order valence-electron chi connectivity index (χ1n) is 1.46. The Hall–Kier alpha value is 0.739. The number of phosphoric acid groups is 2. The molecule has 0 aromatic carbocycles. The van der Waals surface area contributed by atoms with E-state index in [1.54, 1.807) is 0 Å². The molecule has 0 heterocycles. The molecule has 0 aliphatic carbocycles. The zero-order valence-corrected chi connectivity index (χ0v) is 7.51. The van der Waals surface area contributed by atoms with Gasteiger partial charge in [-0.05, 0) is 0 Å². The zero-order valence-electron chi connectivity index (χ0n) is 4.54. The molecule has 0 saturated carbocycles. The summed E-state index contributed by atoms with van der Waals surface area (Å²) in [6.45, 7) is 0. The molecule has 0 aromatic rings. The first-order valence-corrected chi connectivity index (χ1v) is 4.38. The van der Waals surface area contributed by atoms with Crippen LogP contribution in [0.1, 0.15) is 0 Å². The van der Waals surface area contributed by atoms with Crippen molar-refractivity contribution in [1.29, 1.82) is 0 Å². The van der Waals surface area contributed by atoms with Crippen molar-refractivity contribution < 1.29 is 55.6 Å². The van der Waals surface area contributed by atoms with Gasteiger partial charge in [0.25, 0.3) is 0 Å². The van der Waals surface area contributed by atoms with Gasteiger partial charge < -0.3 is 38.5 Å². The Balaban J connectivity index is -0.000000107. The van der Waals surface area contributed by atoms with E-state index < -0.39 is 15.6 Å². The van der Waals surface area contributed by atoms with Crippen LogP contribution in [-0.4, -0.2) is 0 Å². The Morgan fingerprint density at radius 3 is 0.636 bits per heavy atom. The van der Waals surface area contributed by atoms with Crippen LogP contribution in [-0.2, 0) is 26.2 Å². The molecule has 0 aliphatic heterocycles. The molecule has 0 amide bonds. The Kier molecular flexibility index (Phi) is 10.1. The third-order valence-corrected chi connectivity index (χ3v) is 0. The van der Waals surface area contributed by atoms with E-state index in [0.717, 1.165) is 0 Å². The maximum atomic E-state index is 8.55. The fourth-order valence-electron chi connectivity index (χ4n) is 0. The smallest absolute Gasteiger partial charge is 0.822 e. The molecule has 11 heavy (non-hydrogen) atoms. The molecular formula is MnO8P2. The Morgan fingerprint density at radius 2 is 0.636 bits per heavy atom. The van der Waals surface area contributed by atoms with Crippen LogP contribution in [0.25, 0.3) is 0 Å². The second kappa shape index (κ2) is 6.28. The van der Waals surface area contributed by atoms with Gasteiger partial charge >= 0.3 is 17.1 Å². The fraction of sp³-hybridized carbons (Fsp3) is 0. The second-order valence-corrected chi connectivity index (χ2v) is 2.68. The van der Waals surface area contributed by atoms with Gasteiger partial charge in [0.2, 0.25) is 0 Å². The minimum absolute atomic E-state index is 0.